The summed E-state index contributed by atoms with van der Waals surface area (Å²) in [7, 11) is 0. The second-order valence-corrected chi connectivity index (χ2v) is 6.66. The third-order valence-corrected chi connectivity index (χ3v) is 5.17. The lowest BCUT2D eigenvalue weighted by molar-refractivity contribution is -0.132. The van der Waals surface area contributed by atoms with Crippen LogP contribution >= 0.6 is 0 Å². The van der Waals surface area contributed by atoms with E-state index in [0.29, 0.717) is 24.2 Å². The van der Waals surface area contributed by atoms with Crippen LogP contribution in [0, 0.1) is 11.3 Å². The van der Waals surface area contributed by atoms with Crippen LogP contribution in [0.1, 0.15) is 41.8 Å². The van der Waals surface area contributed by atoms with Crippen LogP contribution < -0.4 is 0 Å². The molecule has 5 nitrogen and oxygen atoms in total. The highest BCUT2D eigenvalue weighted by Gasteiger charge is 2.46. The quantitative estimate of drug-likeness (QED) is 0.801. The fourth-order valence-corrected chi connectivity index (χ4v) is 3.63. The Kier molecular flexibility index (Phi) is 5.60. The molecular weight excluding hydrogens is 350 g/mol. The SMILES string of the molecule is CCN(CC)C(=O)C[C@]1(C#N)c2ccccc2C=CN1C(=O)c1ccccc1. The van der Waals surface area contributed by atoms with Gasteiger partial charge in [-0.25, -0.2) is 0 Å². The number of carbonyl (C=O) groups is 2. The van der Waals surface area contributed by atoms with Crippen molar-refractivity contribution in [2.75, 3.05) is 13.1 Å². The molecule has 0 saturated carbocycles. The monoisotopic (exact) mass is 373 g/mol. The van der Waals surface area contributed by atoms with Gasteiger partial charge >= 0.3 is 0 Å². The minimum atomic E-state index is -1.39. The molecule has 2 aromatic rings. The smallest absolute Gasteiger partial charge is 0.259 e. The zero-order chi connectivity index (χ0) is 20.1. The second-order valence-electron chi connectivity index (χ2n) is 6.66. The van der Waals surface area contributed by atoms with Crippen LogP contribution in [0.4, 0.5) is 0 Å². The molecule has 0 aromatic heterocycles. The standard InChI is InChI=1S/C23H23N3O2/c1-3-25(4-2)21(27)16-23(17-24)20-13-9-8-10-18(20)14-15-26(23)22(28)19-11-6-5-7-12-19/h5-15H,3-4,16H2,1-2H3/t23-/m0/s1. The Balaban J connectivity index is 2.12. The summed E-state index contributed by atoms with van der Waals surface area (Å²) in [4.78, 5) is 29.3. The lowest BCUT2D eigenvalue weighted by Crippen LogP contribution is -2.50. The van der Waals surface area contributed by atoms with E-state index in [-0.39, 0.29) is 18.2 Å². The first-order valence-electron chi connectivity index (χ1n) is 9.42. The molecule has 0 bridgehead atoms. The summed E-state index contributed by atoms with van der Waals surface area (Å²) in [5.41, 5.74) is 0.595. The fourth-order valence-electron chi connectivity index (χ4n) is 3.63. The van der Waals surface area contributed by atoms with Gasteiger partial charge in [0, 0.05) is 30.4 Å². The lowest BCUT2D eigenvalue weighted by Gasteiger charge is -2.40. The Bertz CT molecular complexity index is 942. The first-order valence-corrected chi connectivity index (χ1v) is 9.42. The molecule has 1 aliphatic rings. The van der Waals surface area contributed by atoms with Gasteiger partial charge in [-0.1, -0.05) is 42.5 Å². The maximum Gasteiger partial charge on any atom is 0.259 e. The number of nitrogens with zero attached hydrogens (tertiary/aromatic N) is 3. The normalized spacial score (nSPS) is 17.5. The van der Waals surface area contributed by atoms with Crippen LogP contribution in [0.3, 0.4) is 0 Å². The second kappa shape index (κ2) is 8.10. The third-order valence-electron chi connectivity index (χ3n) is 5.17. The summed E-state index contributed by atoms with van der Waals surface area (Å²) in [6.45, 7) is 4.92. The maximum atomic E-state index is 13.3. The van der Waals surface area contributed by atoms with E-state index >= 15 is 0 Å². The molecule has 0 fully saturated rings. The van der Waals surface area contributed by atoms with E-state index in [1.165, 1.54) is 4.90 Å². The molecule has 2 amide bonds. The van der Waals surface area contributed by atoms with Crippen LogP contribution in [-0.4, -0.2) is 34.7 Å². The number of rotatable bonds is 5. The van der Waals surface area contributed by atoms with Crippen molar-refractivity contribution < 1.29 is 9.59 Å². The number of amides is 2. The highest BCUT2D eigenvalue weighted by atomic mass is 16.2. The van der Waals surface area contributed by atoms with E-state index in [1.807, 2.05) is 50.3 Å². The first-order chi connectivity index (χ1) is 13.6. The molecule has 1 atom stereocenters. The van der Waals surface area contributed by atoms with E-state index < -0.39 is 5.54 Å². The van der Waals surface area contributed by atoms with Gasteiger partial charge in [0.2, 0.25) is 5.91 Å². The molecule has 0 spiro atoms. The minimum absolute atomic E-state index is 0.0922. The predicted molar refractivity (Wildman–Crippen MR) is 108 cm³/mol. The maximum absolute atomic E-state index is 13.3. The van der Waals surface area contributed by atoms with Crippen molar-refractivity contribution in [1.82, 2.24) is 9.80 Å². The lowest BCUT2D eigenvalue weighted by atomic mass is 9.80. The summed E-state index contributed by atoms with van der Waals surface area (Å²) in [5.74, 6) is -0.456. The zero-order valence-corrected chi connectivity index (χ0v) is 16.1. The third kappa shape index (κ3) is 3.29. The molecule has 28 heavy (non-hydrogen) atoms. The first kappa shape index (κ1) is 19.4. The largest absolute Gasteiger partial charge is 0.343 e. The molecule has 0 radical (unpaired) electrons. The molecule has 0 aliphatic carbocycles. The van der Waals surface area contributed by atoms with Gasteiger partial charge in [-0.3, -0.25) is 14.5 Å². The predicted octanol–water partition coefficient (Wildman–Crippen LogP) is 3.79. The number of fused-ring (bicyclic) bond motifs is 1. The van der Waals surface area contributed by atoms with Gasteiger partial charge in [0.25, 0.3) is 5.91 Å². The highest BCUT2D eigenvalue weighted by Crippen LogP contribution is 2.40. The van der Waals surface area contributed by atoms with Crippen LogP contribution in [0.5, 0.6) is 0 Å². The van der Waals surface area contributed by atoms with Crippen LogP contribution in [0.2, 0.25) is 0 Å². The van der Waals surface area contributed by atoms with Crippen molar-refractivity contribution >= 4 is 17.9 Å². The van der Waals surface area contributed by atoms with Gasteiger partial charge in [0.15, 0.2) is 5.54 Å². The zero-order valence-electron chi connectivity index (χ0n) is 16.1. The summed E-state index contributed by atoms with van der Waals surface area (Å²) in [5, 5.41) is 10.3. The Labute approximate surface area is 165 Å². The number of benzene rings is 2. The molecule has 1 heterocycles. The molecule has 0 unspecified atom stereocenters. The Morgan fingerprint density at radius 2 is 1.68 bits per heavy atom. The van der Waals surface area contributed by atoms with E-state index in [0.717, 1.165) is 5.56 Å². The Morgan fingerprint density at radius 1 is 1.04 bits per heavy atom. The number of nitriles is 1. The van der Waals surface area contributed by atoms with Crippen LogP contribution in [0.15, 0.2) is 60.8 Å². The molecule has 0 saturated heterocycles. The van der Waals surface area contributed by atoms with Crippen molar-refractivity contribution in [2.45, 2.75) is 25.8 Å². The molecule has 142 valence electrons. The van der Waals surface area contributed by atoms with Gasteiger partial charge in [-0.15, -0.1) is 0 Å². The van der Waals surface area contributed by atoms with E-state index in [9.17, 15) is 14.9 Å². The highest BCUT2D eigenvalue weighted by molar-refractivity contribution is 5.97. The van der Waals surface area contributed by atoms with Gasteiger partial charge in [-0.2, -0.15) is 5.26 Å². The summed E-state index contributed by atoms with van der Waals surface area (Å²) < 4.78 is 0. The summed E-state index contributed by atoms with van der Waals surface area (Å²) in [6.07, 6.45) is 3.34. The summed E-state index contributed by atoms with van der Waals surface area (Å²) >= 11 is 0. The van der Waals surface area contributed by atoms with Gasteiger partial charge in [-0.05, 0) is 37.6 Å². The number of hydrogen-bond acceptors (Lipinski definition) is 3. The molecule has 2 aromatic carbocycles. The van der Waals surface area contributed by atoms with Crippen molar-refractivity contribution in [2.24, 2.45) is 0 Å². The summed E-state index contributed by atoms with van der Waals surface area (Å²) in [6, 6.07) is 18.6. The van der Waals surface area contributed by atoms with E-state index in [1.54, 1.807) is 35.4 Å². The number of carbonyl (C=O) groups excluding carboxylic acids is 2. The Morgan fingerprint density at radius 3 is 2.32 bits per heavy atom. The van der Waals surface area contributed by atoms with Gasteiger partial charge in [0.05, 0.1) is 12.5 Å². The molecular formula is C23H23N3O2. The van der Waals surface area contributed by atoms with E-state index in [2.05, 4.69) is 6.07 Å². The van der Waals surface area contributed by atoms with E-state index in [4.69, 9.17) is 0 Å². The number of hydrogen-bond donors (Lipinski definition) is 0. The van der Waals surface area contributed by atoms with Crippen LogP contribution in [0.25, 0.3) is 6.08 Å². The minimum Gasteiger partial charge on any atom is -0.343 e. The van der Waals surface area contributed by atoms with Crippen molar-refractivity contribution in [3.05, 3.63) is 77.5 Å². The topological polar surface area (TPSA) is 64.4 Å². The molecule has 1 aliphatic heterocycles. The fraction of sp³-hybridized carbons (Fsp3) is 0.261. The van der Waals surface area contributed by atoms with Crippen molar-refractivity contribution in [3.8, 4) is 6.07 Å². The average Bonchev–Trinajstić information content (AvgIpc) is 2.75. The van der Waals surface area contributed by atoms with Crippen molar-refractivity contribution in [1.29, 1.82) is 5.26 Å². The average molecular weight is 373 g/mol. The van der Waals surface area contributed by atoms with Gasteiger partial charge < -0.3 is 4.90 Å². The van der Waals surface area contributed by atoms with Crippen LogP contribution in [-0.2, 0) is 10.3 Å². The van der Waals surface area contributed by atoms with Crippen molar-refractivity contribution in [3.63, 3.8) is 0 Å². The molecule has 5 heteroatoms. The van der Waals surface area contributed by atoms with Gasteiger partial charge in [0.1, 0.15) is 0 Å². The molecule has 3 rings (SSSR count). The molecule has 0 N–H and O–H groups in total. The Hall–Kier alpha value is -3.39.